The highest BCUT2D eigenvalue weighted by Crippen LogP contribution is 2.26. The number of hydrogen-bond donors (Lipinski definition) is 0. The topological polar surface area (TPSA) is 27.1 Å². The number of nitrogens with zero attached hydrogens (tertiary/aromatic N) is 2. The van der Waals surface area contributed by atoms with Gasteiger partial charge in [-0.1, -0.05) is 48.0 Å². The first-order chi connectivity index (χ1) is 13.1. The van der Waals surface area contributed by atoms with Gasteiger partial charge in [0.2, 0.25) is 0 Å². The van der Waals surface area contributed by atoms with Gasteiger partial charge < -0.3 is 9.30 Å². The molecule has 3 heteroatoms. The van der Waals surface area contributed by atoms with E-state index < -0.39 is 0 Å². The second-order valence-electron chi connectivity index (χ2n) is 7.06. The molecule has 0 atom stereocenters. The third-order valence-electron chi connectivity index (χ3n) is 4.85. The van der Waals surface area contributed by atoms with Crippen LogP contribution in [0, 0.1) is 20.8 Å². The highest BCUT2D eigenvalue weighted by molar-refractivity contribution is 5.80. The number of aromatic nitrogens is 2. The molecule has 1 heterocycles. The maximum Gasteiger partial charge on any atom is 0.141 e. The predicted octanol–water partition coefficient (Wildman–Crippen LogP) is 5.71. The van der Waals surface area contributed by atoms with E-state index in [1.165, 1.54) is 11.1 Å². The number of fused-ring (bicyclic) bond motifs is 1. The summed E-state index contributed by atoms with van der Waals surface area (Å²) in [6, 6.07) is 23.1. The summed E-state index contributed by atoms with van der Waals surface area (Å²) in [5.41, 5.74) is 6.90. The van der Waals surface area contributed by atoms with Crippen molar-refractivity contribution in [3.8, 4) is 17.1 Å². The van der Waals surface area contributed by atoms with Crippen molar-refractivity contribution in [3.63, 3.8) is 0 Å². The van der Waals surface area contributed by atoms with Gasteiger partial charge in [-0.25, -0.2) is 4.98 Å². The summed E-state index contributed by atoms with van der Waals surface area (Å²) in [4.78, 5) is 4.89. The minimum atomic E-state index is 0.601. The molecule has 27 heavy (non-hydrogen) atoms. The molecule has 0 aliphatic heterocycles. The second kappa shape index (κ2) is 7.28. The number of imidazole rings is 1. The van der Waals surface area contributed by atoms with Crippen LogP contribution in [0.5, 0.6) is 5.75 Å². The van der Waals surface area contributed by atoms with Gasteiger partial charge in [0.1, 0.15) is 18.2 Å². The summed E-state index contributed by atoms with van der Waals surface area (Å²) in [5, 5.41) is 0. The Labute approximate surface area is 160 Å². The van der Waals surface area contributed by atoms with Gasteiger partial charge in [0, 0.05) is 5.56 Å². The molecule has 3 aromatic carbocycles. The van der Waals surface area contributed by atoms with Gasteiger partial charge in [0.05, 0.1) is 17.6 Å². The summed E-state index contributed by atoms with van der Waals surface area (Å²) in [5.74, 6) is 1.95. The van der Waals surface area contributed by atoms with Gasteiger partial charge in [-0.2, -0.15) is 0 Å². The number of aryl methyl sites for hydroxylation is 3. The van der Waals surface area contributed by atoms with Crippen molar-refractivity contribution in [3.05, 3.63) is 83.4 Å². The zero-order chi connectivity index (χ0) is 18.8. The van der Waals surface area contributed by atoms with E-state index in [1.807, 2.05) is 6.07 Å². The number of rotatable bonds is 5. The van der Waals surface area contributed by atoms with Crippen LogP contribution in [0.15, 0.2) is 66.7 Å². The fourth-order valence-electron chi connectivity index (χ4n) is 3.42. The lowest BCUT2D eigenvalue weighted by molar-refractivity contribution is 0.299. The molecule has 0 N–H and O–H groups in total. The second-order valence-corrected chi connectivity index (χ2v) is 7.06. The highest BCUT2D eigenvalue weighted by Gasteiger charge is 2.12. The first kappa shape index (κ1) is 17.3. The highest BCUT2D eigenvalue weighted by atomic mass is 16.5. The Morgan fingerprint density at radius 3 is 2.52 bits per heavy atom. The monoisotopic (exact) mass is 356 g/mol. The molecule has 0 saturated carbocycles. The Bertz CT molecular complexity index is 1090. The van der Waals surface area contributed by atoms with E-state index >= 15 is 0 Å². The van der Waals surface area contributed by atoms with Crippen molar-refractivity contribution in [2.75, 3.05) is 6.61 Å². The van der Waals surface area contributed by atoms with Crippen molar-refractivity contribution in [2.45, 2.75) is 27.3 Å². The Morgan fingerprint density at radius 2 is 1.67 bits per heavy atom. The Hall–Kier alpha value is -3.07. The minimum Gasteiger partial charge on any atom is -0.491 e. The Kier molecular flexibility index (Phi) is 4.68. The molecule has 0 radical (unpaired) electrons. The molecule has 136 valence electrons. The summed E-state index contributed by atoms with van der Waals surface area (Å²) in [6.07, 6.45) is 0. The molecule has 0 unspecified atom stereocenters. The molecular formula is C24H24N2O. The summed E-state index contributed by atoms with van der Waals surface area (Å²) >= 11 is 0. The van der Waals surface area contributed by atoms with Crippen molar-refractivity contribution < 1.29 is 4.74 Å². The zero-order valence-electron chi connectivity index (χ0n) is 16.1. The largest absolute Gasteiger partial charge is 0.491 e. The van der Waals surface area contributed by atoms with Crippen LogP contribution in [-0.4, -0.2) is 16.2 Å². The van der Waals surface area contributed by atoms with Crippen LogP contribution in [-0.2, 0) is 6.54 Å². The first-order valence-corrected chi connectivity index (χ1v) is 9.34. The SMILES string of the molecule is Cc1cccc(-c2nc3ccccc3n2CCOc2cc(C)ccc2C)c1. The predicted molar refractivity (Wildman–Crippen MR) is 111 cm³/mol. The lowest BCUT2D eigenvalue weighted by Gasteiger charge is -2.13. The van der Waals surface area contributed by atoms with E-state index in [2.05, 4.69) is 86.0 Å². The van der Waals surface area contributed by atoms with Gasteiger partial charge in [-0.05, 0) is 56.2 Å². The molecule has 0 aliphatic rings. The molecule has 0 amide bonds. The van der Waals surface area contributed by atoms with E-state index in [1.54, 1.807) is 0 Å². The molecule has 3 nitrogen and oxygen atoms in total. The third-order valence-corrected chi connectivity index (χ3v) is 4.85. The van der Waals surface area contributed by atoms with E-state index in [4.69, 9.17) is 9.72 Å². The van der Waals surface area contributed by atoms with Crippen LogP contribution in [0.1, 0.15) is 16.7 Å². The van der Waals surface area contributed by atoms with Gasteiger partial charge in [-0.15, -0.1) is 0 Å². The van der Waals surface area contributed by atoms with Crippen molar-refractivity contribution >= 4 is 11.0 Å². The lowest BCUT2D eigenvalue weighted by atomic mass is 10.1. The fraction of sp³-hybridized carbons (Fsp3) is 0.208. The molecule has 1 aromatic heterocycles. The molecule has 0 spiro atoms. The molecule has 4 aromatic rings. The molecule has 0 aliphatic carbocycles. The van der Waals surface area contributed by atoms with Crippen LogP contribution in [0.25, 0.3) is 22.4 Å². The minimum absolute atomic E-state index is 0.601. The number of benzene rings is 3. The third kappa shape index (κ3) is 3.59. The van der Waals surface area contributed by atoms with Crippen LogP contribution >= 0.6 is 0 Å². The van der Waals surface area contributed by atoms with Crippen LogP contribution in [0.3, 0.4) is 0 Å². The molecular weight excluding hydrogens is 332 g/mol. The standard InChI is InChI=1S/C24H24N2O/c1-17-7-6-8-20(15-17)24-25-21-9-4-5-10-22(21)26(24)13-14-27-23-16-18(2)11-12-19(23)3/h4-12,15-16H,13-14H2,1-3H3. The normalized spacial score (nSPS) is 11.1. The van der Waals surface area contributed by atoms with E-state index in [-0.39, 0.29) is 0 Å². The van der Waals surface area contributed by atoms with E-state index in [0.29, 0.717) is 6.61 Å². The summed E-state index contributed by atoms with van der Waals surface area (Å²) in [6.45, 7) is 7.63. The molecule has 0 saturated heterocycles. The number of para-hydroxylation sites is 2. The van der Waals surface area contributed by atoms with Crippen LogP contribution in [0.4, 0.5) is 0 Å². The Morgan fingerprint density at radius 1 is 0.852 bits per heavy atom. The Balaban J connectivity index is 1.66. The average molecular weight is 356 g/mol. The zero-order valence-corrected chi connectivity index (χ0v) is 16.1. The number of hydrogen-bond acceptors (Lipinski definition) is 2. The maximum absolute atomic E-state index is 6.11. The molecule has 0 fully saturated rings. The van der Waals surface area contributed by atoms with E-state index in [0.717, 1.165) is 40.3 Å². The van der Waals surface area contributed by atoms with Crippen molar-refractivity contribution in [1.82, 2.24) is 9.55 Å². The smallest absolute Gasteiger partial charge is 0.141 e. The van der Waals surface area contributed by atoms with Gasteiger partial charge in [-0.3, -0.25) is 0 Å². The van der Waals surface area contributed by atoms with Gasteiger partial charge >= 0.3 is 0 Å². The van der Waals surface area contributed by atoms with E-state index in [9.17, 15) is 0 Å². The number of ether oxygens (including phenoxy) is 1. The van der Waals surface area contributed by atoms with Crippen LogP contribution < -0.4 is 4.74 Å². The first-order valence-electron chi connectivity index (χ1n) is 9.34. The average Bonchev–Trinajstić information content (AvgIpc) is 3.03. The quantitative estimate of drug-likeness (QED) is 0.458. The van der Waals surface area contributed by atoms with Crippen molar-refractivity contribution in [2.24, 2.45) is 0 Å². The van der Waals surface area contributed by atoms with Crippen LogP contribution in [0.2, 0.25) is 0 Å². The molecule has 0 bridgehead atoms. The summed E-state index contributed by atoms with van der Waals surface area (Å²) in [7, 11) is 0. The molecule has 4 rings (SSSR count). The lowest BCUT2D eigenvalue weighted by Crippen LogP contribution is -2.10. The van der Waals surface area contributed by atoms with Crippen molar-refractivity contribution in [1.29, 1.82) is 0 Å². The maximum atomic E-state index is 6.11. The fourth-order valence-corrected chi connectivity index (χ4v) is 3.42. The van der Waals surface area contributed by atoms with Gasteiger partial charge in [0.15, 0.2) is 0 Å². The van der Waals surface area contributed by atoms with Gasteiger partial charge in [0.25, 0.3) is 0 Å². The summed E-state index contributed by atoms with van der Waals surface area (Å²) < 4.78 is 8.37.